The summed E-state index contributed by atoms with van der Waals surface area (Å²) in [4.78, 5) is 20.6. The molecule has 0 radical (unpaired) electrons. The van der Waals surface area contributed by atoms with E-state index in [1.54, 1.807) is 23.7 Å². The first-order valence-electron chi connectivity index (χ1n) is 9.05. The molecule has 2 fully saturated rings. The smallest absolute Gasteiger partial charge is 0.264 e. The molecule has 2 aromatic heterocycles. The summed E-state index contributed by atoms with van der Waals surface area (Å²) in [5, 5.41) is 0. The highest BCUT2D eigenvalue weighted by atomic mass is 32.1. The van der Waals surface area contributed by atoms with Gasteiger partial charge in [-0.2, -0.15) is 0 Å². The molecule has 2 aliphatic heterocycles. The first-order valence-corrected chi connectivity index (χ1v) is 9.87. The van der Waals surface area contributed by atoms with Gasteiger partial charge in [-0.05, 0) is 49.6 Å². The van der Waals surface area contributed by atoms with Gasteiger partial charge in [-0.25, -0.2) is 0 Å². The Kier molecular flexibility index (Phi) is 4.82. The minimum atomic E-state index is -0.224. The Hall–Kier alpha value is -1.76. The standard InChI is InChI=1S/C20H24N2O3S/c1-14-9-18(26-15(14)2)19(23)22-12-20(13-22)10-17(5-8-25-20)24-11-16-3-6-21-7-4-16/h3-4,6-7,9,17H,5,8,10-13H2,1-2H3. The first kappa shape index (κ1) is 17.6. The number of rotatable bonds is 4. The predicted octanol–water partition coefficient (Wildman–Crippen LogP) is 3.35. The molecular formula is C20H24N2O3S. The number of carbonyl (C=O) groups is 1. The van der Waals surface area contributed by atoms with Crippen molar-refractivity contribution in [1.82, 2.24) is 9.88 Å². The number of hydrogen-bond acceptors (Lipinski definition) is 5. The van der Waals surface area contributed by atoms with Gasteiger partial charge in [-0.1, -0.05) is 0 Å². The highest BCUT2D eigenvalue weighted by molar-refractivity contribution is 7.14. The lowest BCUT2D eigenvalue weighted by atomic mass is 9.84. The number of hydrogen-bond donors (Lipinski definition) is 0. The predicted molar refractivity (Wildman–Crippen MR) is 100 cm³/mol. The van der Waals surface area contributed by atoms with Crippen LogP contribution in [0.2, 0.25) is 0 Å². The summed E-state index contributed by atoms with van der Waals surface area (Å²) in [6, 6.07) is 5.95. The molecule has 2 saturated heterocycles. The number of likely N-dealkylation sites (tertiary alicyclic amines) is 1. The molecule has 1 amide bonds. The van der Waals surface area contributed by atoms with Crippen molar-refractivity contribution in [2.45, 2.75) is 45.0 Å². The van der Waals surface area contributed by atoms with Gasteiger partial charge in [0.1, 0.15) is 5.60 Å². The number of thiophene rings is 1. The molecule has 1 spiro atoms. The molecule has 6 heteroatoms. The fraction of sp³-hybridized carbons (Fsp3) is 0.500. The zero-order chi connectivity index (χ0) is 18.1. The number of pyridine rings is 1. The topological polar surface area (TPSA) is 51.7 Å². The summed E-state index contributed by atoms with van der Waals surface area (Å²) in [5.41, 5.74) is 2.10. The fourth-order valence-electron chi connectivity index (χ4n) is 3.67. The lowest BCUT2D eigenvalue weighted by Gasteiger charge is -2.52. The van der Waals surface area contributed by atoms with Crippen LogP contribution in [0.5, 0.6) is 0 Å². The quantitative estimate of drug-likeness (QED) is 0.826. The van der Waals surface area contributed by atoms with Gasteiger partial charge in [-0.15, -0.1) is 11.3 Å². The highest BCUT2D eigenvalue weighted by Crippen LogP contribution is 2.37. The monoisotopic (exact) mass is 372 g/mol. The third-order valence-corrected chi connectivity index (χ3v) is 6.45. The number of ether oxygens (including phenoxy) is 2. The van der Waals surface area contributed by atoms with Crippen LogP contribution in [-0.2, 0) is 16.1 Å². The maximum atomic E-state index is 12.7. The van der Waals surface area contributed by atoms with Crippen molar-refractivity contribution in [1.29, 1.82) is 0 Å². The van der Waals surface area contributed by atoms with Crippen LogP contribution < -0.4 is 0 Å². The molecule has 1 unspecified atom stereocenters. The van der Waals surface area contributed by atoms with Gasteiger partial charge in [0.25, 0.3) is 5.91 Å². The SMILES string of the molecule is Cc1cc(C(=O)N2CC3(CC(OCc4ccncc4)CCO3)C2)sc1C. The van der Waals surface area contributed by atoms with Gasteiger partial charge < -0.3 is 14.4 Å². The molecule has 0 N–H and O–H groups in total. The van der Waals surface area contributed by atoms with Crippen LogP contribution in [0.3, 0.4) is 0 Å². The van der Waals surface area contributed by atoms with Crippen LogP contribution >= 0.6 is 11.3 Å². The first-order chi connectivity index (χ1) is 12.5. The Morgan fingerprint density at radius 3 is 2.85 bits per heavy atom. The summed E-state index contributed by atoms with van der Waals surface area (Å²) >= 11 is 1.58. The Labute approximate surface area is 157 Å². The number of aromatic nitrogens is 1. The second-order valence-electron chi connectivity index (χ2n) is 7.32. The summed E-state index contributed by atoms with van der Waals surface area (Å²) in [7, 11) is 0. The average Bonchev–Trinajstić information content (AvgIpc) is 2.97. The van der Waals surface area contributed by atoms with E-state index in [2.05, 4.69) is 18.8 Å². The van der Waals surface area contributed by atoms with Gasteiger partial charge in [-0.3, -0.25) is 9.78 Å². The number of amides is 1. The summed E-state index contributed by atoms with van der Waals surface area (Å²) in [6.07, 6.45) is 5.51. The highest BCUT2D eigenvalue weighted by Gasteiger charge is 2.49. The van der Waals surface area contributed by atoms with E-state index in [-0.39, 0.29) is 17.6 Å². The third-order valence-electron chi connectivity index (χ3n) is 5.30. The van der Waals surface area contributed by atoms with Crippen LogP contribution in [0, 0.1) is 13.8 Å². The molecule has 138 valence electrons. The minimum Gasteiger partial charge on any atom is -0.373 e. The Balaban J connectivity index is 1.32. The van der Waals surface area contributed by atoms with Gasteiger partial charge in [0.05, 0.1) is 30.7 Å². The molecule has 4 heterocycles. The van der Waals surface area contributed by atoms with Crippen LogP contribution in [0.1, 0.15) is 38.5 Å². The van der Waals surface area contributed by atoms with E-state index in [0.717, 1.165) is 23.3 Å². The summed E-state index contributed by atoms with van der Waals surface area (Å²) in [5.74, 6) is 0.125. The van der Waals surface area contributed by atoms with E-state index >= 15 is 0 Å². The maximum absolute atomic E-state index is 12.7. The lowest BCUT2D eigenvalue weighted by Crippen LogP contribution is -2.67. The number of aryl methyl sites for hydroxylation is 2. The molecule has 0 bridgehead atoms. The number of carbonyl (C=O) groups excluding carboxylic acids is 1. The second kappa shape index (κ2) is 7.10. The molecule has 2 aliphatic rings. The molecule has 4 rings (SSSR count). The van der Waals surface area contributed by atoms with Crippen molar-refractivity contribution in [2.24, 2.45) is 0 Å². The molecule has 26 heavy (non-hydrogen) atoms. The van der Waals surface area contributed by atoms with E-state index in [1.807, 2.05) is 23.1 Å². The molecule has 0 aliphatic carbocycles. The van der Waals surface area contributed by atoms with Crippen molar-refractivity contribution >= 4 is 17.2 Å². The molecular weight excluding hydrogens is 348 g/mol. The van der Waals surface area contributed by atoms with Crippen LogP contribution in [-0.4, -0.2) is 47.2 Å². The van der Waals surface area contributed by atoms with Crippen LogP contribution in [0.25, 0.3) is 0 Å². The van der Waals surface area contributed by atoms with E-state index < -0.39 is 0 Å². The van der Waals surface area contributed by atoms with Crippen LogP contribution in [0.4, 0.5) is 0 Å². The molecule has 2 aromatic rings. The zero-order valence-corrected chi connectivity index (χ0v) is 16.1. The van der Waals surface area contributed by atoms with Gasteiger partial charge in [0.2, 0.25) is 0 Å². The van der Waals surface area contributed by atoms with Crippen molar-refractivity contribution in [3.63, 3.8) is 0 Å². The van der Waals surface area contributed by atoms with Gasteiger partial charge in [0, 0.05) is 30.3 Å². The average molecular weight is 372 g/mol. The number of nitrogens with zero attached hydrogens (tertiary/aromatic N) is 2. The van der Waals surface area contributed by atoms with E-state index in [1.165, 1.54) is 10.4 Å². The second-order valence-corrected chi connectivity index (χ2v) is 8.58. The normalized spacial score (nSPS) is 21.6. The van der Waals surface area contributed by atoms with Crippen LogP contribution in [0.15, 0.2) is 30.6 Å². The third kappa shape index (κ3) is 3.54. The Bertz CT molecular complexity index is 764. The Morgan fingerprint density at radius 2 is 2.15 bits per heavy atom. The van der Waals surface area contributed by atoms with Gasteiger partial charge >= 0.3 is 0 Å². The molecule has 1 atom stereocenters. The largest absolute Gasteiger partial charge is 0.373 e. The van der Waals surface area contributed by atoms with Gasteiger partial charge in [0.15, 0.2) is 0 Å². The molecule has 5 nitrogen and oxygen atoms in total. The van der Waals surface area contributed by atoms with Crippen molar-refractivity contribution in [2.75, 3.05) is 19.7 Å². The van der Waals surface area contributed by atoms with Crippen molar-refractivity contribution < 1.29 is 14.3 Å². The fourth-order valence-corrected chi connectivity index (χ4v) is 4.67. The molecule has 0 saturated carbocycles. The van der Waals surface area contributed by atoms with Crippen molar-refractivity contribution in [3.8, 4) is 0 Å². The maximum Gasteiger partial charge on any atom is 0.264 e. The van der Waals surface area contributed by atoms with E-state index in [0.29, 0.717) is 26.3 Å². The Morgan fingerprint density at radius 1 is 1.38 bits per heavy atom. The van der Waals surface area contributed by atoms with Crippen molar-refractivity contribution in [3.05, 3.63) is 51.5 Å². The summed E-state index contributed by atoms with van der Waals surface area (Å²) in [6.45, 7) is 6.73. The molecule has 0 aromatic carbocycles. The van der Waals surface area contributed by atoms with E-state index in [9.17, 15) is 4.79 Å². The summed E-state index contributed by atoms with van der Waals surface area (Å²) < 4.78 is 12.1. The zero-order valence-electron chi connectivity index (χ0n) is 15.2. The lowest BCUT2D eigenvalue weighted by molar-refractivity contribution is -0.187. The van der Waals surface area contributed by atoms with E-state index in [4.69, 9.17) is 9.47 Å². The minimum absolute atomic E-state index is 0.125.